The van der Waals surface area contributed by atoms with Crippen molar-refractivity contribution in [2.24, 2.45) is 0 Å². The summed E-state index contributed by atoms with van der Waals surface area (Å²) in [6.07, 6.45) is 8.00. The second-order valence-electron chi connectivity index (χ2n) is 8.11. The van der Waals surface area contributed by atoms with E-state index in [0.717, 1.165) is 22.4 Å². The minimum atomic E-state index is -0.584. The van der Waals surface area contributed by atoms with E-state index in [-0.39, 0.29) is 11.8 Å². The Kier molecular flexibility index (Phi) is 7.73. The Morgan fingerprint density at radius 1 is 1.15 bits per heavy atom. The molecule has 1 aromatic carbocycles. The molecule has 0 spiro atoms. The standard InChI is InChI=1S/C23H24Cl2N6O2/c1-23(2,3)33-22(32)29-11-16-6-7-18(30-20-19(24)13-28-21(25)31-20)9-15(16)5-4-14-8-17(26)12-27-10-14/h4-10,12-13H,11,26H2,1-3H3,(H,29,32)(H,28,30,31)/b5-4+. The quantitative estimate of drug-likeness (QED) is 0.382. The Morgan fingerprint density at radius 2 is 1.94 bits per heavy atom. The zero-order chi connectivity index (χ0) is 24.0. The van der Waals surface area contributed by atoms with Gasteiger partial charge in [-0.25, -0.2) is 9.78 Å². The predicted octanol–water partition coefficient (Wildman–Crippen LogP) is 5.70. The number of halogens is 2. The molecule has 3 aromatic rings. The van der Waals surface area contributed by atoms with E-state index in [1.807, 2.05) is 57.2 Å². The summed E-state index contributed by atoms with van der Waals surface area (Å²) in [5.74, 6) is 0.381. The van der Waals surface area contributed by atoms with Gasteiger partial charge in [0.15, 0.2) is 5.82 Å². The molecule has 0 aliphatic carbocycles. The predicted molar refractivity (Wildman–Crippen MR) is 132 cm³/mol. The Balaban J connectivity index is 1.87. The lowest BCUT2D eigenvalue weighted by molar-refractivity contribution is 0.0523. The molecule has 0 saturated carbocycles. The van der Waals surface area contributed by atoms with Crippen molar-refractivity contribution in [3.63, 3.8) is 0 Å². The first kappa shape index (κ1) is 24.3. The molecule has 3 rings (SSSR count). The average Bonchev–Trinajstić information content (AvgIpc) is 2.73. The molecule has 10 heteroatoms. The average molecular weight is 487 g/mol. The van der Waals surface area contributed by atoms with E-state index in [1.54, 1.807) is 12.4 Å². The fourth-order valence-corrected chi connectivity index (χ4v) is 3.07. The maximum absolute atomic E-state index is 12.1. The van der Waals surface area contributed by atoms with E-state index in [2.05, 4.69) is 25.6 Å². The van der Waals surface area contributed by atoms with Crippen LogP contribution in [0.4, 0.5) is 22.0 Å². The molecule has 0 unspecified atom stereocenters. The van der Waals surface area contributed by atoms with Crippen molar-refractivity contribution >= 4 is 58.6 Å². The molecule has 8 nitrogen and oxygen atoms in total. The van der Waals surface area contributed by atoms with Gasteiger partial charge in [0.05, 0.1) is 11.9 Å². The van der Waals surface area contributed by atoms with E-state index >= 15 is 0 Å². The van der Waals surface area contributed by atoms with Crippen molar-refractivity contribution in [2.45, 2.75) is 32.9 Å². The number of carbonyl (C=O) groups is 1. The van der Waals surface area contributed by atoms with Crippen molar-refractivity contribution in [3.05, 3.63) is 69.9 Å². The summed E-state index contributed by atoms with van der Waals surface area (Å²) in [4.78, 5) is 24.2. The normalized spacial score (nSPS) is 11.4. The van der Waals surface area contributed by atoms with Gasteiger partial charge in [-0.3, -0.25) is 4.98 Å². The zero-order valence-corrected chi connectivity index (χ0v) is 19.9. The van der Waals surface area contributed by atoms with Gasteiger partial charge in [0.25, 0.3) is 0 Å². The molecule has 4 N–H and O–H groups in total. The second-order valence-corrected chi connectivity index (χ2v) is 8.86. The van der Waals surface area contributed by atoms with Crippen LogP contribution in [0.15, 0.2) is 42.9 Å². The number of anilines is 3. The summed E-state index contributed by atoms with van der Waals surface area (Å²) >= 11 is 12.1. The van der Waals surface area contributed by atoms with Crippen LogP contribution in [0.2, 0.25) is 10.3 Å². The molecule has 1 amide bonds. The highest BCUT2D eigenvalue weighted by Crippen LogP contribution is 2.26. The number of nitrogens with zero attached hydrogens (tertiary/aromatic N) is 3. The molecule has 2 heterocycles. The highest BCUT2D eigenvalue weighted by atomic mass is 35.5. The van der Waals surface area contributed by atoms with Gasteiger partial charge in [0.1, 0.15) is 10.6 Å². The highest BCUT2D eigenvalue weighted by Gasteiger charge is 2.16. The van der Waals surface area contributed by atoms with Gasteiger partial charge in [-0.2, -0.15) is 4.98 Å². The minimum absolute atomic E-state index is 0.0781. The molecule has 33 heavy (non-hydrogen) atoms. The summed E-state index contributed by atoms with van der Waals surface area (Å²) in [5, 5.41) is 6.33. The van der Waals surface area contributed by atoms with Crippen LogP contribution in [0, 0.1) is 0 Å². The summed E-state index contributed by atoms with van der Waals surface area (Å²) in [7, 11) is 0. The van der Waals surface area contributed by atoms with Crippen molar-refractivity contribution in [1.82, 2.24) is 20.3 Å². The van der Waals surface area contributed by atoms with Gasteiger partial charge < -0.3 is 21.1 Å². The van der Waals surface area contributed by atoms with E-state index in [9.17, 15) is 4.79 Å². The third-order valence-electron chi connectivity index (χ3n) is 4.18. The number of benzene rings is 1. The molecule has 0 saturated heterocycles. The van der Waals surface area contributed by atoms with Crippen LogP contribution in [0.3, 0.4) is 0 Å². The summed E-state index contributed by atoms with van der Waals surface area (Å²) < 4.78 is 5.32. The maximum Gasteiger partial charge on any atom is 0.407 e. The smallest absolute Gasteiger partial charge is 0.407 e. The number of ether oxygens (including phenoxy) is 1. The van der Waals surface area contributed by atoms with Crippen LogP contribution in [0.1, 0.15) is 37.5 Å². The van der Waals surface area contributed by atoms with E-state index in [0.29, 0.717) is 16.5 Å². The molecule has 2 aromatic heterocycles. The molecular weight excluding hydrogens is 463 g/mol. The van der Waals surface area contributed by atoms with E-state index in [4.69, 9.17) is 33.7 Å². The lowest BCUT2D eigenvalue weighted by atomic mass is 10.0. The molecular formula is C23H24Cl2N6O2. The molecule has 0 atom stereocenters. The number of nitrogen functional groups attached to an aromatic ring is 1. The number of nitrogens with two attached hydrogens (primary N) is 1. The van der Waals surface area contributed by atoms with Crippen LogP contribution < -0.4 is 16.4 Å². The van der Waals surface area contributed by atoms with Gasteiger partial charge >= 0.3 is 6.09 Å². The second kappa shape index (κ2) is 10.5. The monoisotopic (exact) mass is 486 g/mol. The van der Waals surface area contributed by atoms with Crippen molar-refractivity contribution in [2.75, 3.05) is 11.1 Å². The Morgan fingerprint density at radius 3 is 2.67 bits per heavy atom. The zero-order valence-electron chi connectivity index (χ0n) is 18.4. The molecule has 0 radical (unpaired) electrons. The fraction of sp³-hybridized carbons (Fsp3) is 0.217. The highest BCUT2D eigenvalue weighted by molar-refractivity contribution is 6.33. The van der Waals surface area contributed by atoms with E-state index in [1.165, 1.54) is 6.20 Å². The van der Waals surface area contributed by atoms with Gasteiger partial charge in [-0.05, 0) is 67.3 Å². The van der Waals surface area contributed by atoms with Crippen LogP contribution in [0.25, 0.3) is 12.2 Å². The van der Waals surface area contributed by atoms with Gasteiger partial charge in [0, 0.05) is 24.6 Å². The Bertz CT molecular complexity index is 1180. The SMILES string of the molecule is CC(C)(C)OC(=O)NCc1ccc(Nc2nc(Cl)ncc2Cl)cc1/C=C/c1cncc(N)c1. The lowest BCUT2D eigenvalue weighted by Gasteiger charge is -2.20. The Labute approximate surface area is 202 Å². The number of alkyl carbamates (subject to hydrolysis) is 1. The third kappa shape index (κ3) is 7.62. The molecule has 0 aliphatic rings. The van der Waals surface area contributed by atoms with Crippen molar-refractivity contribution in [3.8, 4) is 0 Å². The van der Waals surface area contributed by atoms with Gasteiger partial charge in [-0.1, -0.05) is 29.8 Å². The number of carbonyl (C=O) groups excluding carboxylic acids is 1. The van der Waals surface area contributed by atoms with Crippen molar-refractivity contribution in [1.29, 1.82) is 0 Å². The van der Waals surface area contributed by atoms with Crippen LogP contribution in [-0.2, 0) is 11.3 Å². The number of hydrogen-bond acceptors (Lipinski definition) is 7. The number of nitrogens with one attached hydrogen (secondary N) is 2. The summed E-state index contributed by atoms with van der Waals surface area (Å²) in [6.45, 7) is 5.70. The summed E-state index contributed by atoms with van der Waals surface area (Å²) in [5.41, 5.74) is 9.07. The van der Waals surface area contributed by atoms with E-state index < -0.39 is 11.7 Å². The summed E-state index contributed by atoms with van der Waals surface area (Å²) in [6, 6.07) is 7.44. The topological polar surface area (TPSA) is 115 Å². The third-order valence-corrected chi connectivity index (χ3v) is 4.64. The first-order valence-electron chi connectivity index (χ1n) is 10.0. The van der Waals surface area contributed by atoms with Crippen molar-refractivity contribution < 1.29 is 9.53 Å². The largest absolute Gasteiger partial charge is 0.444 e. The molecule has 0 bridgehead atoms. The number of rotatable bonds is 6. The Hall–Kier alpha value is -3.36. The fourth-order valence-electron chi connectivity index (χ4n) is 2.79. The minimum Gasteiger partial charge on any atom is -0.444 e. The van der Waals surface area contributed by atoms with Crippen LogP contribution in [-0.4, -0.2) is 26.6 Å². The van der Waals surface area contributed by atoms with Gasteiger partial charge in [-0.15, -0.1) is 0 Å². The molecule has 0 aliphatic heterocycles. The van der Waals surface area contributed by atoms with Crippen LogP contribution in [0.5, 0.6) is 0 Å². The number of amides is 1. The number of hydrogen-bond donors (Lipinski definition) is 3. The lowest BCUT2D eigenvalue weighted by Crippen LogP contribution is -2.32. The van der Waals surface area contributed by atoms with Crippen LogP contribution >= 0.6 is 23.2 Å². The number of pyridine rings is 1. The first-order valence-corrected chi connectivity index (χ1v) is 10.8. The number of aromatic nitrogens is 3. The van der Waals surface area contributed by atoms with Gasteiger partial charge in [0.2, 0.25) is 5.28 Å². The molecule has 172 valence electrons. The maximum atomic E-state index is 12.1. The molecule has 0 fully saturated rings. The first-order chi connectivity index (χ1) is 15.6.